The molecule has 1 atom stereocenters. The normalized spacial score (nSPS) is 12.4. The van der Waals surface area contributed by atoms with Crippen molar-refractivity contribution in [1.29, 1.82) is 0 Å². The Bertz CT molecular complexity index is 522. The highest BCUT2D eigenvalue weighted by molar-refractivity contribution is 5.27. The summed E-state index contributed by atoms with van der Waals surface area (Å²) in [7, 11) is 0. The first-order valence-electron chi connectivity index (χ1n) is 6.73. The average molecular weight is 257 g/mol. The number of halogens is 1. The van der Waals surface area contributed by atoms with Gasteiger partial charge in [0.15, 0.2) is 0 Å². The van der Waals surface area contributed by atoms with Gasteiger partial charge in [-0.25, -0.2) is 4.39 Å². The van der Waals surface area contributed by atoms with Crippen molar-refractivity contribution in [2.75, 3.05) is 0 Å². The van der Waals surface area contributed by atoms with E-state index in [1.807, 2.05) is 24.3 Å². The molecule has 0 aromatic heterocycles. The molecule has 2 aromatic carbocycles. The maximum atomic E-state index is 13.9. The molecule has 0 fully saturated rings. The van der Waals surface area contributed by atoms with Crippen LogP contribution in [-0.4, -0.2) is 0 Å². The molecule has 0 aliphatic carbocycles. The molecule has 0 spiro atoms. The van der Waals surface area contributed by atoms with Gasteiger partial charge in [0.05, 0.1) is 0 Å². The van der Waals surface area contributed by atoms with Crippen LogP contribution in [-0.2, 0) is 6.42 Å². The molecule has 0 amide bonds. The number of aryl methyl sites for hydroxylation is 2. The van der Waals surface area contributed by atoms with Crippen LogP contribution in [0.3, 0.4) is 0 Å². The first-order valence-corrected chi connectivity index (χ1v) is 6.73. The number of benzene rings is 2. The number of hydrogen-bond acceptors (Lipinski definition) is 1. The van der Waals surface area contributed by atoms with Crippen LogP contribution in [0.4, 0.5) is 4.39 Å². The number of hydrogen-bond donors (Lipinski definition) is 1. The summed E-state index contributed by atoms with van der Waals surface area (Å²) in [5.74, 6) is -0.158. The van der Waals surface area contributed by atoms with Crippen LogP contribution in [0.15, 0.2) is 48.5 Å². The molecule has 0 saturated heterocycles. The molecule has 19 heavy (non-hydrogen) atoms. The van der Waals surface area contributed by atoms with Gasteiger partial charge >= 0.3 is 0 Å². The Balaban J connectivity index is 1.91. The maximum absolute atomic E-state index is 13.9. The first-order chi connectivity index (χ1) is 9.18. The zero-order valence-electron chi connectivity index (χ0n) is 11.3. The summed E-state index contributed by atoms with van der Waals surface area (Å²) in [6.07, 6.45) is 2.76. The van der Waals surface area contributed by atoms with E-state index in [1.54, 1.807) is 19.1 Å². The second-order valence-electron chi connectivity index (χ2n) is 4.96. The molecular formula is C17H20FN. The van der Waals surface area contributed by atoms with Crippen LogP contribution in [0.1, 0.15) is 35.6 Å². The Morgan fingerprint density at radius 2 is 1.79 bits per heavy atom. The third-order valence-electron chi connectivity index (χ3n) is 3.44. The van der Waals surface area contributed by atoms with Gasteiger partial charge in [0, 0.05) is 11.6 Å². The van der Waals surface area contributed by atoms with Crippen molar-refractivity contribution >= 4 is 0 Å². The van der Waals surface area contributed by atoms with Crippen molar-refractivity contribution in [1.82, 2.24) is 0 Å². The quantitative estimate of drug-likeness (QED) is 0.855. The van der Waals surface area contributed by atoms with E-state index in [0.29, 0.717) is 11.1 Å². The average Bonchev–Trinajstić information content (AvgIpc) is 2.43. The van der Waals surface area contributed by atoms with Gasteiger partial charge in [-0.15, -0.1) is 0 Å². The van der Waals surface area contributed by atoms with Crippen LogP contribution in [0.5, 0.6) is 0 Å². The summed E-state index contributed by atoms with van der Waals surface area (Å²) < 4.78 is 13.9. The lowest BCUT2D eigenvalue weighted by molar-refractivity contribution is 0.546. The summed E-state index contributed by atoms with van der Waals surface area (Å²) >= 11 is 0. The predicted octanol–water partition coefficient (Wildman–Crippen LogP) is 4.16. The highest BCUT2D eigenvalue weighted by Crippen LogP contribution is 2.22. The van der Waals surface area contributed by atoms with E-state index in [9.17, 15) is 4.39 Å². The number of rotatable bonds is 5. The predicted molar refractivity (Wildman–Crippen MR) is 77.4 cm³/mol. The van der Waals surface area contributed by atoms with Crippen LogP contribution in [0.2, 0.25) is 0 Å². The maximum Gasteiger partial charge on any atom is 0.130 e. The van der Waals surface area contributed by atoms with Gasteiger partial charge in [0.1, 0.15) is 5.82 Å². The fourth-order valence-electron chi connectivity index (χ4n) is 2.28. The van der Waals surface area contributed by atoms with Gasteiger partial charge in [-0.1, -0.05) is 48.5 Å². The van der Waals surface area contributed by atoms with Gasteiger partial charge in [-0.3, -0.25) is 0 Å². The molecule has 1 nitrogen and oxygen atoms in total. The van der Waals surface area contributed by atoms with E-state index < -0.39 is 0 Å². The molecule has 100 valence electrons. The van der Waals surface area contributed by atoms with Gasteiger partial charge in [0.2, 0.25) is 0 Å². The standard InChI is InChI=1S/C17H20FN/c1-13-7-5-11-15(17(13)18)16(19)12-6-10-14-8-3-2-4-9-14/h2-5,7-9,11,16H,6,10,12,19H2,1H3. The molecule has 2 N–H and O–H groups in total. The second kappa shape index (κ2) is 6.48. The van der Waals surface area contributed by atoms with Crippen molar-refractivity contribution in [2.24, 2.45) is 5.73 Å². The minimum atomic E-state index is -0.219. The van der Waals surface area contributed by atoms with E-state index >= 15 is 0 Å². The SMILES string of the molecule is Cc1cccc(C(N)CCCc2ccccc2)c1F. The second-order valence-corrected chi connectivity index (χ2v) is 4.96. The Kier molecular flexibility index (Phi) is 4.69. The zero-order chi connectivity index (χ0) is 13.7. The highest BCUT2D eigenvalue weighted by Gasteiger charge is 2.12. The summed E-state index contributed by atoms with van der Waals surface area (Å²) in [5.41, 5.74) is 8.69. The topological polar surface area (TPSA) is 26.0 Å². The summed E-state index contributed by atoms with van der Waals surface area (Å²) in [4.78, 5) is 0. The molecular weight excluding hydrogens is 237 g/mol. The minimum Gasteiger partial charge on any atom is -0.324 e. The number of nitrogens with two attached hydrogens (primary N) is 1. The lowest BCUT2D eigenvalue weighted by atomic mass is 9.98. The molecule has 0 heterocycles. The first kappa shape index (κ1) is 13.8. The molecule has 0 aliphatic rings. The molecule has 0 bridgehead atoms. The summed E-state index contributed by atoms with van der Waals surface area (Å²) in [6, 6.07) is 15.5. The molecule has 0 radical (unpaired) electrons. The fraction of sp³-hybridized carbons (Fsp3) is 0.294. The van der Waals surface area contributed by atoms with E-state index in [2.05, 4.69) is 12.1 Å². The molecule has 2 aromatic rings. The molecule has 2 rings (SSSR count). The van der Waals surface area contributed by atoms with Crippen LogP contribution in [0, 0.1) is 12.7 Å². The van der Waals surface area contributed by atoms with Crippen molar-refractivity contribution in [3.63, 3.8) is 0 Å². The van der Waals surface area contributed by atoms with Gasteiger partial charge in [-0.05, 0) is 37.3 Å². The van der Waals surface area contributed by atoms with Crippen molar-refractivity contribution in [3.8, 4) is 0 Å². The third kappa shape index (κ3) is 3.65. The van der Waals surface area contributed by atoms with Crippen LogP contribution in [0.25, 0.3) is 0 Å². The Hall–Kier alpha value is -1.67. The molecule has 0 aliphatic heterocycles. The van der Waals surface area contributed by atoms with E-state index in [4.69, 9.17) is 5.73 Å². The monoisotopic (exact) mass is 257 g/mol. The summed E-state index contributed by atoms with van der Waals surface area (Å²) in [5, 5.41) is 0. The van der Waals surface area contributed by atoms with Gasteiger partial charge in [0.25, 0.3) is 0 Å². The zero-order valence-corrected chi connectivity index (χ0v) is 11.3. The third-order valence-corrected chi connectivity index (χ3v) is 3.44. The minimum absolute atomic E-state index is 0.158. The molecule has 1 unspecified atom stereocenters. The molecule has 0 saturated carbocycles. The Labute approximate surface area is 114 Å². The van der Waals surface area contributed by atoms with Crippen LogP contribution < -0.4 is 5.73 Å². The largest absolute Gasteiger partial charge is 0.324 e. The lowest BCUT2D eigenvalue weighted by Gasteiger charge is -2.14. The fourth-order valence-corrected chi connectivity index (χ4v) is 2.28. The van der Waals surface area contributed by atoms with Crippen molar-refractivity contribution in [3.05, 3.63) is 71.0 Å². The van der Waals surface area contributed by atoms with E-state index in [1.165, 1.54) is 5.56 Å². The molecule has 2 heteroatoms. The Morgan fingerprint density at radius 1 is 1.05 bits per heavy atom. The van der Waals surface area contributed by atoms with E-state index in [0.717, 1.165) is 19.3 Å². The van der Waals surface area contributed by atoms with E-state index in [-0.39, 0.29) is 11.9 Å². The van der Waals surface area contributed by atoms with Gasteiger partial charge < -0.3 is 5.73 Å². The Morgan fingerprint density at radius 3 is 2.53 bits per heavy atom. The van der Waals surface area contributed by atoms with Gasteiger partial charge in [-0.2, -0.15) is 0 Å². The smallest absolute Gasteiger partial charge is 0.130 e. The van der Waals surface area contributed by atoms with Crippen molar-refractivity contribution in [2.45, 2.75) is 32.2 Å². The lowest BCUT2D eigenvalue weighted by Crippen LogP contribution is -2.13. The summed E-state index contributed by atoms with van der Waals surface area (Å²) in [6.45, 7) is 1.77. The van der Waals surface area contributed by atoms with Crippen LogP contribution >= 0.6 is 0 Å². The van der Waals surface area contributed by atoms with Crippen molar-refractivity contribution < 1.29 is 4.39 Å². The highest BCUT2D eigenvalue weighted by atomic mass is 19.1.